The van der Waals surface area contributed by atoms with Crippen molar-refractivity contribution in [2.45, 2.75) is 12.5 Å². The highest BCUT2D eigenvalue weighted by molar-refractivity contribution is 7.83. The van der Waals surface area contributed by atoms with Gasteiger partial charge in [0.25, 0.3) is 0 Å². The molecular weight excluding hydrogens is 206 g/mol. The number of aliphatic carboxylic acids is 2. The molecule has 0 saturated heterocycles. The van der Waals surface area contributed by atoms with Gasteiger partial charge in [-0.25, -0.2) is 0 Å². The standard InChI is InChI=1S/C4H7NO7S/c6-3(7)1-2(4(8)9)5-13(10,11)12/h2,5H,1H2,(H,6,7)(H,8,9)(H,10,11,12)/t2-/m0/s1. The van der Waals surface area contributed by atoms with Gasteiger partial charge in [0.15, 0.2) is 0 Å². The quantitative estimate of drug-likeness (QED) is 0.399. The molecule has 1 atom stereocenters. The van der Waals surface area contributed by atoms with E-state index in [1.165, 1.54) is 4.72 Å². The van der Waals surface area contributed by atoms with E-state index < -0.39 is 34.7 Å². The highest BCUT2D eigenvalue weighted by atomic mass is 32.2. The fourth-order valence-electron chi connectivity index (χ4n) is 0.534. The number of carboxylic acid groups (broad SMARTS) is 2. The van der Waals surface area contributed by atoms with E-state index in [0.29, 0.717) is 0 Å². The SMILES string of the molecule is O=C(O)C[C@H](NS(=O)(=O)O)C(=O)O. The zero-order valence-corrected chi connectivity index (χ0v) is 6.98. The maximum absolute atomic E-state index is 10.2. The number of rotatable bonds is 5. The molecule has 0 radical (unpaired) electrons. The van der Waals surface area contributed by atoms with Crippen LogP contribution in [0.25, 0.3) is 0 Å². The van der Waals surface area contributed by atoms with Crippen LogP contribution in [0.4, 0.5) is 0 Å². The Hall–Kier alpha value is -1.19. The summed E-state index contributed by atoms with van der Waals surface area (Å²) in [6.07, 6.45) is -0.949. The van der Waals surface area contributed by atoms with E-state index in [9.17, 15) is 18.0 Å². The number of nitrogens with one attached hydrogen (secondary N) is 1. The van der Waals surface area contributed by atoms with Crippen LogP contribution in [-0.2, 0) is 19.9 Å². The molecule has 0 aliphatic heterocycles. The summed E-state index contributed by atoms with van der Waals surface area (Å²) in [5.74, 6) is -3.18. The zero-order valence-electron chi connectivity index (χ0n) is 6.17. The van der Waals surface area contributed by atoms with Gasteiger partial charge in [0.1, 0.15) is 6.04 Å². The van der Waals surface area contributed by atoms with E-state index in [-0.39, 0.29) is 0 Å². The van der Waals surface area contributed by atoms with Gasteiger partial charge >= 0.3 is 22.2 Å². The fourth-order valence-corrected chi connectivity index (χ4v) is 1.08. The van der Waals surface area contributed by atoms with Crippen molar-refractivity contribution in [2.24, 2.45) is 0 Å². The van der Waals surface area contributed by atoms with Crippen LogP contribution >= 0.6 is 0 Å². The largest absolute Gasteiger partial charge is 0.481 e. The molecule has 0 unspecified atom stereocenters. The number of hydrogen-bond donors (Lipinski definition) is 4. The Balaban J connectivity index is 4.45. The van der Waals surface area contributed by atoms with Gasteiger partial charge in [-0.15, -0.1) is 0 Å². The van der Waals surface area contributed by atoms with Gasteiger partial charge in [-0.1, -0.05) is 0 Å². The van der Waals surface area contributed by atoms with E-state index in [4.69, 9.17) is 14.8 Å². The van der Waals surface area contributed by atoms with E-state index in [1.54, 1.807) is 0 Å². The molecule has 76 valence electrons. The molecule has 0 aromatic carbocycles. The molecule has 0 rings (SSSR count). The lowest BCUT2D eigenvalue weighted by atomic mass is 10.2. The highest BCUT2D eigenvalue weighted by Crippen LogP contribution is 1.94. The summed E-state index contributed by atoms with van der Waals surface area (Å²) in [6.45, 7) is 0. The molecule has 0 amide bonds. The van der Waals surface area contributed by atoms with Gasteiger partial charge in [-0.05, 0) is 0 Å². The summed E-state index contributed by atoms with van der Waals surface area (Å²) in [6, 6.07) is -1.87. The fraction of sp³-hybridized carbons (Fsp3) is 0.500. The van der Waals surface area contributed by atoms with Crippen molar-refractivity contribution in [3.63, 3.8) is 0 Å². The summed E-state index contributed by atoms with van der Waals surface area (Å²) in [5.41, 5.74) is 0. The van der Waals surface area contributed by atoms with E-state index in [2.05, 4.69) is 0 Å². The molecule has 9 heteroatoms. The average Bonchev–Trinajstić information content (AvgIpc) is 1.81. The first-order chi connectivity index (χ1) is 5.72. The Morgan fingerprint density at radius 1 is 1.31 bits per heavy atom. The predicted octanol–water partition coefficient (Wildman–Crippen LogP) is -1.69. The zero-order chi connectivity index (χ0) is 10.6. The molecule has 0 bridgehead atoms. The van der Waals surface area contributed by atoms with Gasteiger partial charge in [-0.3, -0.25) is 14.1 Å². The molecule has 8 nitrogen and oxygen atoms in total. The van der Waals surface area contributed by atoms with Crippen LogP contribution in [-0.4, -0.2) is 41.2 Å². The molecule has 0 spiro atoms. The van der Waals surface area contributed by atoms with Crippen molar-refractivity contribution < 1.29 is 32.8 Å². The topological polar surface area (TPSA) is 141 Å². The first-order valence-electron chi connectivity index (χ1n) is 2.91. The van der Waals surface area contributed by atoms with E-state index in [1.807, 2.05) is 0 Å². The first kappa shape index (κ1) is 11.8. The maximum Gasteiger partial charge on any atom is 0.334 e. The van der Waals surface area contributed by atoms with Crippen LogP contribution < -0.4 is 4.72 Å². The Bertz CT molecular complexity index is 306. The summed E-state index contributed by atoms with van der Waals surface area (Å²) < 4.78 is 29.6. The van der Waals surface area contributed by atoms with Crippen molar-refractivity contribution in [1.29, 1.82) is 0 Å². The van der Waals surface area contributed by atoms with E-state index in [0.717, 1.165) is 0 Å². The molecule has 0 saturated carbocycles. The van der Waals surface area contributed by atoms with E-state index >= 15 is 0 Å². The Labute approximate surface area is 73.1 Å². The van der Waals surface area contributed by atoms with Gasteiger partial charge in [0.05, 0.1) is 6.42 Å². The highest BCUT2D eigenvalue weighted by Gasteiger charge is 2.24. The third kappa shape index (κ3) is 6.02. The Morgan fingerprint density at radius 3 is 2.00 bits per heavy atom. The monoisotopic (exact) mass is 213 g/mol. The summed E-state index contributed by atoms with van der Waals surface area (Å²) in [5, 5.41) is 16.4. The lowest BCUT2D eigenvalue weighted by Crippen LogP contribution is -2.41. The van der Waals surface area contributed by atoms with Gasteiger partial charge in [0, 0.05) is 0 Å². The normalized spacial score (nSPS) is 13.6. The second kappa shape index (κ2) is 4.16. The van der Waals surface area contributed by atoms with Crippen LogP contribution in [0.1, 0.15) is 6.42 Å². The molecule has 0 aliphatic carbocycles. The summed E-state index contributed by atoms with van der Waals surface area (Å²) >= 11 is 0. The smallest absolute Gasteiger partial charge is 0.334 e. The van der Waals surface area contributed by atoms with Crippen LogP contribution in [0.5, 0.6) is 0 Å². The Kier molecular flexibility index (Phi) is 3.78. The van der Waals surface area contributed by atoms with Crippen molar-refractivity contribution in [3.8, 4) is 0 Å². The van der Waals surface area contributed by atoms with Crippen LogP contribution in [0, 0.1) is 0 Å². The molecule has 13 heavy (non-hydrogen) atoms. The van der Waals surface area contributed by atoms with Crippen molar-refractivity contribution >= 4 is 22.2 Å². The maximum atomic E-state index is 10.2. The molecule has 0 aliphatic rings. The summed E-state index contributed by atoms with van der Waals surface area (Å²) in [4.78, 5) is 20.2. The second-order valence-electron chi connectivity index (χ2n) is 2.08. The molecule has 4 N–H and O–H groups in total. The molecule has 0 aromatic rings. The van der Waals surface area contributed by atoms with Crippen LogP contribution in [0.15, 0.2) is 0 Å². The molecule has 0 heterocycles. The summed E-state index contributed by atoms with van der Waals surface area (Å²) in [7, 11) is -4.71. The van der Waals surface area contributed by atoms with Gasteiger partial charge in [0.2, 0.25) is 0 Å². The van der Waals surface area contributed by atoms with Crippen LogP contribution in [0.2, 0.25) is 0 Å². The molecule has 0 fully saturated rings. The minimum absolute atomic E-state index is 0.949. The third-order valence-corrected chi connectivity index (χ3v) is 1.55. The lowest BCUT2D eigenvalue weighted by molar-refractivity contribution is -0.145. The second-order valence-corrected chi connectivity index (χ2v) is 3.27. The molecular formula is C4H7NO7S. The van der Waals surface area contributed by atoms with Crippen molar-refractivity contribution in [1.82, 2.24) is 4.72 Å². The Morgan fingerprint density at radius 2 is 1.77 bits per heavy atom. The van der Waals surface area contributed by atoms with Gasteiger partial charge in [-0.2, -0.15) is 13.1 Å². The first-order valence-corrected chi connectivity index (χ1v) is 4.35. The van der Waals surface area contributed by atoms with Gasteiger partial charge < -0.3 is 10.2 Å². The third-order valence-electron chi connectivity index (χ3n) is 0.968. The number of carbonyl (C=O) groups is 2. The number of carboxylic acids is 2. The lowest BCUT2D eigenvalue weighted by Gasteiger charge is -2.08. The minimum atomic E-state index is -4.71. The minimum Gasteiger partial charge on any atom is -0.481 e. The predicted molar refractivity (Wildman–Crippen MR) is 38.4 cm³/mol. The van der Waals surface area contributed by atoms with Crippen molar-refractivity contribution in [2.75, 3.05) is 0 Å². The number of hydrogen-bond acceptors (Lipinski definition) is 4. The average molecular weight is 213 g/mol. The molecule has 0 aromatic heterocycles. The van der Waals surface area contributed by atoms with Crippen molar-refractivity contribution in [3.05, 3.63) is 0 Å². The van der Waals surface area contributed by atoms with Crippen LogP contribution in [0.3, 0.4) is 0 Å².